The van der Waals surface area contributed by atoms with E-state index in [0.29, 0.717) is 18.7 Å². The summed E-state index contributed by atoms with van der Waals surface area (Å²) in [6.45, 7) is 0.631. The number of carbonyl (C=O) groups excluding carboxylic acids is 1. The minimum absolute atomic E-state index is 0.103. The maximum absolute atomic E-state index is 12.4. The molecule has 2 atom stereocenters. The topological polar surface area (TPSA) is 67.9 Å². The summed E-state index contributed by atoms with van der Waals surface area (Å²) in [6, 6.07) is 8.19. The van der Waals surface area contributed by atoms with Gasteiger partial charge in [-0.15, -0.1) is 0 Å². The molecule has 1 aromatic carbocycles. The van der Waals surface area contributed by atoms with Crippen LogP contribution in [0.3, 0.4) is 0 Å². The minimum atomic E-state index is -3.53. The molecule has 1 aliphatic rings. The van der Waals surface area contributed by atoms with Gasteiger partial charge < -0.3 is 9.42 Å². The van der Waals surface area contributed by atoms with E-state index in [2.05, 4.69) is 5.09 Å². The number of hydrogen-bond acceptors (Lipinski definition) is 4. The first-order chi connectivity index (χ1) is 9.04. The van der Waals surface area contributed by atoms with Gasteiger partial charge in [-0.1, -0.05) is 18.2 Å². The normalized spacial score (nSPS) is 22.3. The second-order valence-corrected chi connectivity index (χ2v) is 6.12. The van der Waals surface area contributed by atoms with Gasteiger partial charge in [0.25, 0.3) is 0 Å². The fourth-order valence-electron chi connectivity index (χ4n) is 1.87. The van der Waals surface area contributed by atoms with E-state index in [1.165, 1.54) is 7.11 Å². The van der Waals surface area contributed by atoms with Crippen LogP contribution in [-0.4, -0.2) is 37.6 Å². The highest BCUT2D eigenvalue weighted by Crippen LogP contribution is 2.44. The highest BCUT2D eigenvalue weighted by atomic mass is 31.2. The zero-order chi connectivity index (χ0) is 13.9. The molecule has 1 aromatic rings. The van der Waals surface area contributed by atoms with Crippen LogP contribution >= 0.6 is 7.75 Å². The van der Waals surface area contributed by atoms with Gasteiger partial charge in [0.1, 0.15) is 5.75 Å². The lowest BCUT2D eigenvalue weighted by Gasteiger charge is -2.20. The molecule has 1 amide bonds. The lowest BCUT2D eigenvalue weighted by atomic mass is 10.3. The zero-order valence-electron chi connectivity index (χ0n) is 10.9. The van der Waals surface area contributed by atoms with Gasteiger partial charge in [-0.2, -0.15) is 5.09 Å². The van der Waals surface area contributed by atoms with Crippen LogP contribution < -0.4 is 9.61 Å². The first-order valence-corrected chi connectivity index (χ1v) is 7.51. The van der Waals surface area contributed by atoms with Gasteiger partial charge in [-0.25, -0.2) is 4.57 Å². The van der Waals surface area contributed by atoms with Gasteiger partial charge in [0.2, 0.25) is 5.91 Å². The molecule has 1 N–H and O–H groups in total. The molecular formula is C12H17N2O4P. The molecule has 1 aliphatic heterocycles. The van der Waals surface area contributed by atoms with Crippen molar-refractivity contribution in [3.05, 3.63) is 30.3 Å². The largest absolute Gasteiger partial charge is 0.459 e. The van der Waals surface area contributed by atoms with E-state index in [-0.39, 0.29) is 5.91 Å². The average molecular weight is 284 g/mol. The number of likely N-dealkylation sites (N-methyl/N-ethyl adjacent to an activating group) is 1. The smallest absolute Gasteiger partial charge is 0.413 e. The van der Waals surface area contributed by atoms with Crippen molar-refractivity contribution in [2.75, 3.05) is 20.7 Å². The highest BCUT2D eigenvalue weighted by Gasteiger charge is 2.37. The second kappa shape index (κ2) is 5.74. The number of hydrogen-bond donors (Lipinski definition) is 1. The van der Waals surface area contributed by atoms with E-state index < -0.39 is 13.8 Å². The Morgan fingerprint density at radius 3 is 2.58 bits per heavy atom. The van der Waals surface area contributed by atoms with Crippen molar-refractivity contribution in [2.24, 2.45) is 0 Å². The molecule has 0 bridgehead atoms. The number of nitrogens with one attached hydrogen (secondary N) is 1. The van der Waals surface area contributed by atoms with Gasteiger partial charge in [0.15, 0.2) is 0 Å². The highest BCUT2D eigenvalue weighted by molar-refractivity contribution is 7.52. The molecular weight excluding hydrogens is 267 g/mol. The molecule has 6 nitrogen and oxygen atoms in total. The monoisotopic (exact) mass is 284 g/mol. The lowest BCUT2D eigenvalue weighted by molar-refractivity contribution is -0.128. The third-order valence-electron chi connectivity index (χ3n) is 2.95. The van der Waals surface area contributed by atoms with Crippen molar-refractivity contribution in [3.63, 3.8) is 0 Å². The fourth-order valence-corrected chi connectivity index (χ4v) is 3.12. The third kappa shape index (κ3) is 3.35. The Labute approximate surface area is 112 Å². The van der Waals surface area contributed by atoms with Crippen molar-refractivity contribution < 1.29 is 18.4 Å². The predicted octanol–water partition coefficient (Wildman–Crippen LogP) is 1.64. The number of likely N-dealkylation sites (tertiary alicyclic amines) is 1. The molecule has 7 heteroatoms. The molecule has 0 spiro atoms. The lowest BCUT2D eigenvalue weighted by Crippen LogP contribution is -2.36. The van der Waals surface area contributed by atoms with Crippen LogP contribution in [-0.2, 0) is 13.9 Å². The van der Waals surface area contributed by atoms with E-state index in [1.54, 1.807) is 36.2 Å². The SMILES string of the molecule is COP(=O)(NC1CCN(C)C1=O)Oc1ccccc1. The van der Waals surface area contributed by atoms with Crippen molar-refractivity contribution in [2.45, 2.75) is 12.5 Å². The van der Waals surface area contributed by atoms with Crippen LogP contribution in [0, 0.1) is 0 Å². The Balaban J connectivity index is 2.06. The predicted molar refractivity (Wildman–Crippen MR) is 70.9 cm³/mol. The molecule has 2 unspecified atom stereocenters. The summed E-state index contributed by atoms with van der Waals surface area (Å²) in [5.41, 5.74) is 0. The second-order valence-electron chi connectivity index (χ2n) is 4.31. The molecule has 1 heterocycles. The minimum Gasteiger partial charge on any atom is -0.413 e. The molecule has 1 saturated heterocycles. The van der Waals surface area contributed by atoms with Crippen LogP contribution in [0.2, 0.25) is 0 Å². The fraction of sp³-hybridized carbons (Fsp3) is 0.417. The molecule has 104 valence electrons. The zero-order valence-corrected chi connectivity index (χ0v) is 11.8. The number of benzene rings is 1. The van der Waals surface area contributed by atoms with Crippen LogP contribution in [0.25, 0.3) is 0 Å². The van der Waals surface area contributed by atoms with Crippen molar-refractivity contribution in [1.29, 1.82) is 0 Å². The number of carbonyl (C=O) groups is 1. The summed E-state index contributed by atoms with van der Waals surface area (Å²) in [7, 11) is -0.533. The van der Waals surface area contributed by atoms with Gasteiger partial charge in [-0.05, 0) is 18.6 Å². The Morgan fingerprint density at radius 2 is 2.05 bits per heavy atom. The van der Waals surface area contributed by atoms with E-state index in [4.69, 9.17) is 9.05 Å². The van der Waals surface area contributed by atoms with Crippen LogP contribution in [0.1, 0.15) is 6.42 Å². The maximum Gasteiger partial charge on any atom is 0.459 e. The van der Waals surface area contributed by atoms with Crippen molar-refractivity contribution >= 4 is 13.7 Å². The standard InChI is InChI=1S/C12H17N2O4P/c1-14-9-8-11(12(14)15)13-19(16,17-2)18-10-6-4-3-5-7-10/h3-7,11H,8-9H2,1-2H3,(H,13,16). The van der Waals surface area contributed by atoms with E-state index in [9.17, 15) is 9.36 Å². The Bertz CT molecular complexity index is 494. The first-order valence-electron chi connectivity index (χ1n) is 5.97. The molecule has 19 heavy (non-hydrogen) atoms. The van der Waals surface area contributed by atoms with Crippen LogP contribution in [0.5, 0.6) is 5.75 Å². The quantitative estimate of drug-likeness (QED) is 0.832. The van der Waals surface area contributed by atoms with E-state index in [0.717, 1.165) is 0 Å². The Kier molecular flexibility index (Phi) is 4.24. The molecule has 0 radical (unpaired) electrons. The van der Waals surface area contributed by atoms with Crippen molar-refractivity contribution in [1.82, 2.24) is 9.99 Å². The van der Waals surface area contributed by atoms with E-state index in [1.807, 2.05) is 6.07 Å². The maximum atomic E-state index is 12.4. The summed E-state index contributed by atoms with van der Waals surface area (Å²) in [5.74, 6) is 0.327. The third-order valence-corrected chi connectivity index (χ3v) is 4.51. The number of para-hydroxylation sites is 1. The summed E-state index contributed by atoms with van der Waals surface area (Å²) < 4.78 is 22.7. The van der Waals surface area contributed by atoms with Crippen molar-refractivity contribution in [3.8, 4) is 5.75 Å². The number of rotatable bonds is 5. The number of amides is 1. The summed E-state index contributed by atoms with van der Waals surface area (Å²) in [4.78, 5) is 13.4. The molecule has 2 rings (SSSR count). The van der Waals surface area contributed by atoms with Gasteiger partial charge in [-0.3, -0.25) is 9.32 Å². The van der Waals surface area contributed by atoms with Crippen LogP contribution in [0.4, 0.5) is 0 Å². The van der Waals surface area contributed by atoms with Gasteiger partial charge in [0.05, 0.1) is 6.04 Å². The molecule has 1 fully saturated rings. The van der Waals surface area contributed by atoms with Gasteiger partial charge in [0, 0.05) is 20.7 Å². The summed E-state index contributed by atoms with van der Waals surface area (Å²) in [6.07, 6.45) is 0.584. The first kappa shape index (κ1) is 14.1. The Morgan fingerprint density at radius 1 is 1.37 bits per heavy atom. The molecule has 0 saturated carbocycles. The molecule has 0 aromatic heterocycles. The van der Waals surface area contributed by atoms with Gasteiger partial charge >= 0.3 is 7.75 Å². The summed E-state index contributed by atoms with van der Waals surface area (Å²) >= 11 is 0. The number of nitrogens with zero attached hydrogens (tertiary/aromatic N) is 1. The summed E-state index contributed by atoms with van der Waals surface area (Å²) in [5, 5.41) is 2.69. The van der Waals surface area contributed by atoms with E-state index >= 15 is 0 Å². The average Bonchev–Trinajstić information content (AvgIpc) is 2.72. The Hall–Kier alpha value is -1.36. The van der Waals surface area contributed by atoms with Crippen LogP contribution in [0.15, 0.2) is 30.3 Å². The molecule has 0 aliphatic carbocycles.